The maximum absolute atomic E-state index is 5.06. The van der Waals surface area contributed by atoms with Crippen LogP contribution in [0.4, 0.5) is 0 Å². The quantitative estimate of drug-likeness (QED) is 0.289. The first-order chi connectivity index (χ1) is 4.88. The van der Waals surface area contributed by atoms with Gasteiger partial charge in [0.05, 0.1) is 0 Å². The van der Waals surface area contributed by atoms with Crippen LogP contribution < -0.4 is 0 Å². The largest absolute Gasteiger partial charge is 0.326 e. The smallest absolute Gasteiger partial charge is 0.304 e. The van der Waals surface area contributed by atoms with E-state index < -0.39 is 0 Å². The van der Waals surface area contributed by atoms with Crippen LogP contribution in [0.1, 0.15) is 5.56 Å². The molecule has 0 radical (unpaired) electrons. The second-order valence-corrected chi connectivity index (χ2v) is 2.18. The lowest BCUT2D eigenvalue weighted by atomic mass is 10.1. The lowest BCUT2D eigenvalue weighted by molar-refractivity contribution is 0.261. The molecule has 0 atom stereocenters. The topological polar surface area (TPSA) is 11.3 Å². The lowest BCUT2D eigenvalue weighted by Gasteiger charge is -1.92. The summed E-state index contributed by atoms with van der Waals surface area (Å²) in [6, 6.07) is 7.76. The Hall–Kier alpha value is -1.37. The minimum absolute atomic E-state index is 0.829. The maximum atomic E-state index is 5.06. The van der Waals surface area contributed by atoms with Gasteiger partial charge in [0, 0.05) is 0 Å². The first-order valence-electron chi connectivity index (χ1n) is 3.09. The molecule has 0 bridgehead atoms. The molecule has 2 rings (SSSR count). The zero-order valence-electron chi connectivity index (χ0n) is 5.42. The Morgan fingerprint density at radius 2 is 2.10 bits per heavy atom. The number of hydrogen-bond acceptors (Lipinski definition) is 0. The van der Waals surface area contributed by atoms with E-state index in [4.69, 9.17) is 4.42 Å². The first kappa shape index (κ1) is 5.42. The van der Waals surface area contributed by atoms with Crippen molar-refractivity contribution in [3.05, 3.63) is 36.4 Å². The Bertz CT molecular complexity index is 310. The van der Waals surface area contributed by atoms with Crippen LogP contribution in [0.25, 0.3) is 5.57 Å². The number of para-hydroxylation sites is 1. The molecule has 0 saturated carbocycles. The highest BCUT2D eigenvalue weighted by Gasteiger charge is 2.11. The zero-order chi connectivity index (χ0) is 6.97. The molecule has 1 nitrogen and oxygen atoms in total. The molecule has 0 fully saturated rings. The third-order valence-corrected chi connectivity index (χ3v) is 1.50. The van der Waals surface area contributed by atoms with Gasteiger partial charge in [0.15, 0.2) is 0 Å². The van der Waals surface area contributed by atoms with Crippen LogP contribution in [0.15, 0.2) is 30.8 Å². The molecule has 0 saturated heterocycles. The van der Waals surface area contributed by atoms with Gasteiger partial charge in [-0.05, 0) is 17.2 Å². The third-order valence-electron chi connectivity index (χ3n) is 1.50. The van der Waals surface area contributed by atoms with Gasteiger partial charge < -0.3 is 4.42 Å². The summed E-state index contributed by atoms with van der Waals surface area (Å²) in [4.78, 5) is 0. The molecular weight excluding hydrogens is 124 g/mol. The van der Waals surface area contributed by atoms with E-state index in [2.05, 4.69) is 12.9 Å². The van der Waals surface area contributed by atoms with E-state index in [1.165, 1.54) is 0 Å². The highest BCUT2D eigenvalue weighted by atomic mass is 16.4. The molecule has 10 heavy (non-hydrogen) atoms. The van der Waals surface area contributed by atoms with Gasteiger partial charge in [-0.3, -0.25) is 0 Å². The van der Waals surface area contributed by atoms with Crippen molar-refractivity contribution < 1.29 is 4.42 Å². The summed E-state index contributed by atoms with van der Waals surface area (Å²) in [7, 11) is 0. The van der Waals surface area contributed by atoms with E-state index >= 15 is 0 Å². The summed E-state index contributed by atoms with van der Waals surface area (Å²) < 4.78 is 5.06. The van der Waals surface area contributed by atoms with Crippen LogP contribution in [0, 0.1) is 0 Å². The van der Waals surface area contributed by atoms with Crippen LogP contribution in [0.2, 0.25) is 0 Å². The highest BCUT2D eigenvalue weighted by molar-refractivity contribution is 6.10. The van der Waals surface area contributed by atoms with Gasteiger partial charge in [-0.25, -0.2) is 0 Å². The SMILES string of the molecule is C=C1[C-]=[O+]c2ccccc21. The van der Waals surface area contributed by atoms with Crippen LogP contribution >= 0.6 is 0 Å². The molecule has 1 heterocycles. The van der Waals surface area contributed by atoms with Gasteiger partial charge >= 0.3 is 6.29 Å². The van der Waals surface area contributed by atoms with Crippen LogP contribution in [0.5, 0.6) is 5.75 Å². The molecule has 1 aliphatic heterocycles. The van der Waals surface area contributed by atoms with Gasteiger partial charge in [-0.2, -0.15) is 6.58 Å². The molecule has 0 amide bonds. The highest BCUT2D eigenvalue weighted by Crippen LogP contribution is 2.28. The molecule has 0 spiro atoms. The number of rotatable bonds is 0. The fourth-order valence-corrected chi connectivity index (χ4v) is 0.977. The average Bonchev–Trinajstić information content (AvgIpc) is 2.34. The van der Waals surface area contributed by atoms with Gasteiger partial charge in [-0.1, -0.05) is 18.2 Å². The summed E-state index contributed by atoms with van der Waals surface area (Å²) in [6.07, 6.45) is 2.69. The number of hydrogen-bond donors (Lipinski definition) is 0. The van der Waals surface area contributed by atoms with Gasteiger partial charge in [0.1, 0.15) is 0 Å². The zero-order valence-corrected chi connectivity index (χ0v) is 5.42. The molecule has 48 valence electrons. The number of fused-ring (bicyclic) bond motifs is 1. The molecule has 1 aromatic rings. The second-order valence-electron chi connectivity index (χ2n) is 2.18. The van der Waals surface area contributed by atoms with E-state index in [9.17, 15) is 0 Å². The Morgan fingerprint density at radius 3 is 2.90 bits per heavy atom. The fraction of sp³-hybridized carbons (Fsp3) is 0. The third kappa shape index (κ3) is 0.605. The van der Waals surface area contributed by atoms with Crippen molar-refractivity contribution in [1.29, 1.82) is 0 Å². The van der Waals surface area contributed by atoms with Gasteiger partial charge in [0.2, 0.25) is 5.75 Å². The van der Waals surface area contributed by atoms with Crippen molar-refractivity contribution in [1.82, 2.24) is 0 Å². The molecule has 1 aliphatic rings. The predicted molar refractivity (Wildman–Crippen MR) is 40.6 cm³/mol. The minimum Gasteiger partial charge on any atom is -0.304 e. The molecule has 1 heteroatoms. The first-order valence-corrected chi connectivity index (χ1v) is 3.09. The second kappa shape index (κ2) is 1.81. The van der Waals surface area contributed by atoms with E-state index in [0.717, 1.165) is 16.9 Å². The van der Waals surface area contributed by atoms with Gasteiger partial charge in [-0.15, -0.1) is 0 Å². The van der Waals surface area contributed by atoms with Crippen molar-refractivity contribution >= 4 is 11.9 Å². The summed E-state index contributed by atoms with van der Waals surface area (Å²) in [5, 5.41) is 0. The summed E-state index contributed by atoms with van der Waals surface area (Å²) in [5.74, 6) is 0.854. The van der Waals surface area contributed by atoms with Crippen LogP contribution in [0.3, 0.4) is 0 Å². The minimum atomic E-state index is 0.829. The maximum Gasteiger partial charge on any atom is 0.326 e. The van der Waals surface area contributed by atoms with E-state index in [0.29, 0.717) is 0 Å². The molecule has 0 unspecified atom stereocenters. The monoisotopic (exact) mass is 130 g/mol. The van der Waals surface area contributed by atoms with Crippen molar-refractivity contribution in [2.45, 2.75) is 0 Å². The summed E-state index contributed by atoms with van der Waals surface area (Å²) >= 11 is 0. The Balaban J connectivity index is 2.70. The Kier molecular flexibility index (Phi) is 0.978. The molecular formula is C9H6O. The molecule has 0 aliphatic carbocycles. The van der Waals surface area contributed by atoms with Crippen molar-refractivity contribution in [3.8, 4) is 5.75 Å². The fourth-order valence-electron chi connectivity index (χ4n) is 0.977. The standard InChI is InChI=1S/C9H6O/c1-7-6-10-9-5-3-2-4-8(7)9/h2-5H,1H2. The summed E-state index contributed by atoms with van der Waals surface area (Å²) in [5.41, 5.74) is 1.87. The normalized spacial score (nSPS) is 13.8. The van der Waals surface area contributed by atoms with Crippen molar-refractivity contribution in [3.63, 3.8) is 0 Å². The number of carbonyl (C=O) groups excluding carboxylic acids is 1. The Morgan fingerprint density at radius 1 is 1.30 bits per heavy atom. The van der Waals surface area contributed by atoms with E-state index in [1.54, 1.807) is 0 Å². The number of allylic oxidation sites excluding steroid dienone is 1. The Labute approximate surface area is 59.3 Å². The average molecular weight is 130 g/mol. The van der Waals surface area contributed by atoms with Crippen molar-refractivity contribution in [2.24, 2.45) is 0 Å². The van der Waals surface area contributed by atoms with Crippen LogP contribution in [-0.2, 0) is 4.42 Å². The van der Waals surface area contributed by atoms with E-state index in [1.807, 2.05) is 24.3 Å². The lowest BCUT2D eigenvalue weighted by Crippen LogP contribution is -1.73. The van der Waals surface area contributed by atoms with Gasteiger partial charge in [0.25, 0.3) is 0 Å². The number of benzene rings is 1. The molecule has 1 aromatic carbocycles. The summed E-state index contributed by atoms with van der Waals surface area (Å²) in [6.45, 7) is 3.76. The molecule has 0 N–H and O–H groups in total. The predicted octanol–water partition coefficient (Wildman–Crippen LogP) is 2.07. The van der Waals surface area contributed by atoms with Crippen molar-refractivity contribution in [2.75, 3.05) is 0 Å². The van der Waals surface area contributed by atoms with Crippen LogP contribution in [-0.4, -0.2) is 6.29 Å². The molecule has 0 aromatic heterocycles. The van der Waals surface area contributed by atoms with E-state index in [-0.39, 0.29) is 0 Å².